The molecule has 61 heavy (non-hydrogen) atoms. The second-order valence-corrected chi connectivity index (χ2v) is 17.8. The van der Waals surface area contributed by atoms with Crippen molar-refractivity contribution < 1.29 is 58.5 Å². The van der Waals surface area contributed by atoms with Crippen molar-refractivity contribution in [1.29, 1.82) is 0 Å². The summed E-state index contributed by atoms with van der Waals surface area (Å²) >= 11 is 0. The molecule has 0 spiro atoms. The molecule has 342 valence electrons. The van der Waals surface area contributed by atoms with Crippen molar-refractivity contribution >= 4 is 17.7 Å². The largest absolute Gasteiger partial charge is 0.493 e. The van der Waals surface area contributed by atoms with E-state index in [1.54, 1.807) is 34.6 Å². The predicted molar refractivity (Wildman–Crippen MR) is 231 cm³/mol. The number of hydrogen-bond acceptors (Lipinski definition) is 14. The van der Waals surface area contributed by atoms with Crippen LogP contribution in [0.1, 0.15) is 93.1 Å². The van der Waals surface area contributed by atoms with Crippen LogP contribution in [0.4, 0.5) is 0 Å². The number of esters is 2. The zero-order chi connectivity index (χ0) is 45.1. The summed E-state index contributed by atoms with van der Waals surface area (Å²) in [6, 6.07) is 18.5. The van der Waals surface area contributed by atoms with Crippen LogP contribution in [0.5, 0.6) is 5.75 Å². The molecular weight excluding hydrogens is 785 g/mol. The molecule has 2 aromatic rings. The van der Waals surface area contributed by atoms with Crippen LogP contribution in [0.2, 0.25) is 0 Å². The van der Waals surface area contributed by atoms with Crippen molar-refractivity contribution in [2.24, 2.45) is 28.8 Å². The fourth-order valence-corrected chi connectivity index (χ4v) is 8.84. The molecule has 0 saturated carbocycles. The van der Waals surface area contributed by atoms with Gasteiger partial charge < -0.3 is 53.8 Å². The quantitative estimate of drug-likeness (QED) is 0.109. The van der Waals surface area contributed by atoms with Crippen molar-refractivity contribution in [1.82, 2.24) is 4.90 Å². The summed E-state index contributed by atoms with van der Waals surface area (Å²) in [6.45, 7) is 14.0. The molecule has 2 aromatic carbocycles. The molecule has 2 aliphatic heterocycles. The number of hydrogen-bond donors (Lipinski definition) is 4. The molecular formula is C47H72N2O12. The molecule has 4 rings (SSSR count). The van der Waals surface area contributed by atoms with Gasteiger partial charge in [-0.05, 0) is 85.2 Å². The van der Waals surface area contributed by atoms with E-state index in [-0.39, 0.29) is 38.0 Å². The zero-order valence-corrected chi connectivity index (χ0v) is 37.8. The number of oxime groups is 1. The molecule has 2 fully saturated rings. The third kappa shape index (κ3) is 13.4. The lowest BCUT2D eigenvalue weighted by Gasteiger charge is -2.47. The Morgan fingerprint density at radius 1 is 0.934 bits per heavy atom. The van der Waals surface area contributed by atoms with Crippen LogP contribution in [0.25, 0.3) is 0 Å². The summed E-state index contributed by atoms with van der Waals surface area (Å²) in [5, 5.41) is 52.8. The third-order valence-electron chi connectivity index (χ3n) is 12.4. The standard InChI is InChI=1S/C47H72N2O12/c1-11-37-47(8,55)42(52)31(4)39(48-57-26-18-25-56-35-21-16-13-17-22-35)29(2)28-46(7,54)43(61-45-40(51)36(49(9)10)27-30(3)58-45)32(5)41(33(6)44(53)59-37)60-38(50)24-23-34-19-14-12-15-20-34/h12-17,19-22,29-33,36-37,40-43,45,51-52,54-55H,11,18,23-28H2,1-10H3/b48-39+/t29-,30-,31-,32+,33-,36+,37+,40-,41+,42-,43-,45+,46?,47-/m1/s1. The summed E-state index contributed by atoms with van der Waals surface area (Å²) in [7, 11) is 3.72. The number of benzene rings is 2. The minimum atomic E-state index is -1.96. The first-order valence-electron chi connectivity index (χ1n) is 21.9. The van der Waals surface area contributed by atoms with Crippen molar-refractivity contribution in [3.05, 3.63) is 66.2 Å². The molecule has 1 unspecified atom stereocenters. The highest BCUT2D eigenvalue weighted by Gasteiger charge is 2.52. The smallest absolute Gasteiger partial charge is 0.312 e. The van der Waals surface area contributed by atoms with Crippen LogP contribution < -0.4 is 4.74 Å². The lowest BCUT2D eigenvalue weighted by atomic mass is 9.73. The van der Waals surface area contributed by atoms with E-state index in [1.807, 2.05) is 93.5 Å². The number of rotatable bonds is 14. The average Bonchev–Trinajstić information content (AvgIpc) is 3.22. The van der Waals surface area contributed by atoms with Gasteiger partial charge in [0.15, 0.2) is 6.29 Å². The van der Waals surface area contributed by atoms with Crippen LogP contribution >= 0.6 is 0 Å². The van der Waals surface area contributed by atoms with Crippen molar-refractivity contribution in [2.45, 2.75) is 154 Å². The Bertz CT molecular complexity index is 1670. The lowest BCUT2D eigenvalue weighted by molar-refractivity contribution is -0.299. The summed E-state index contributed by atoms with van der Waals surface area (Å²) in [4.78, 5) is 35.7. The monoisotopic (exact) mass is 857 g/mol. The highest BCUT2D eigenvalue weighted by Crippen LogP contribution is 2.39. The second-order valence-electron chi connectivity index (χ2n) is 17.8. The van der Waals surface area contributed by atoms with Gasteiger partial charge in [-0.2, -0.15) is 0 Å². The zero-order valence-electron chi connectivity index (χ0n) is 37.8. The molecule has 4 N–H and O–H groups in total. The first-order chi connectivity index (χ1) is 28.8. The molecule has 0 aromatic heterocycles. The Morgan fingerprint density at radius 3 is 2.20 bits per heavy atom. The molecule has 0 amide bonds. The predicted octanol–water partition coefficient (Wildman–Crippen LogP) is 5.32. The lowest BCUT2D eigenvalue weighted by Crippen LogP contribution is -2.60. The Kier molecular flexibility index (Phi) is 18.6. The molecule has 14 atom stereocenters. The molecule has 0 aliphatic carbocycles. The Labute approximate surface area is 362 Å². The number of likely N-dealkylation sites (N-methyl/N-ethyl adjacent to an activating group) is 1. The average molecular weight is 857 g/mol. The number of ether oxygens (including phenoxy) is 5. The van der Waals surface area contributed by atoms with Gasteiger partial charge in [-0.1, -0.05) is 81.4 Å². The summed E-state index contributed by atoms with van der Waals surface area (Å²) in [5.41, 5.74) is -2.47. The maximum Gasteiger partial charge on any atom is 0.312 e. The normalized spacial score (nSPS) is 36.2. The summed E-state index contributed by atoms with van der Waals surface area (Å²) in [5.74, 6) is -4.11. The minimum Gasteiger partial charge on any atom is -0.493 e. The van der Waals surface area contributed by atoms with Gasteiger partial charge in [0, 0.05) is 36.6 Å². The number of aryl methyl sites for hydroxylation is 1. The molecule has 0 bridgehead atoms. The molecule has 2 saturated heterocycles. The van der Waals surface area contributed by atoms with Crippen molar-refractivity contribution in [2.75, 3.05) is 27.3 Å². The number of carbonyl (C=O) groups excluding carboxylic acids is 2. The summed E-state index contributed by atoms with van der Waals surface area (Å²) < 4.78 is 30.9. The SMILES string of the molecule is CC[C@@H]1OC(=O)[C@H](C)[C@@H](OC(=O)CCc2ccccc2)[C@H](C)[C@@H](O[C@@H]2O[C@H](C)C[C@H](N(C)C)[C@H]2O)C(C)(O)C[C@@H](C)/C(=N\OCCCOc2ccccc2)[C@@H](C)[C@@H](O)[C@]1(C)O. The van der Waals surface area contributed by atoms with E-state index >= 15 is 0 Å². The van der Waals surface area contributed by atoms with E-state index in [1.165, 1.54) is 6.92 Å². The van der Waals surface area contributed by atoms with Gasteiger partial charge in [-0.15, -0.1) is 0 Å². The van der Waals surface area contributed by atoms with E-state index in [2.05, 4.69) is 5.16 Å². The number of para-hydroxylation sites is 1. The maximum atomic E-state index is 14.2. The fourth-order valence-electron chi connectivity index (χ4n) is 8.84. The van der Waals surface area contributed by atoms with Crippen LogP contribution in [-0.4, -0.2) is 130 Å². The number of aliphatic hydroxyl groups is 4. The molecule has 14 nitrogen and oxygen atoms in total. The Hall–Kier alpha value is -3.63. The van der Waals surface area contributed by atoms with E-state index in [9.17, 15) is 30.0 Å². The highest BCUT2D eigenvalue weighted by molar-refractivity contribution is 5.88. The molecule has 14 heteroatoms. The second kappa shape index (κ2) is 22.6. The number of cyclic esters (lactones) is 1. The Balaban J connectivity index is 1.75. The van der Waals surface area contributed by atoms with Gasteiger partial charge >= 0.3 is 11.9 Å². The van der Waals surface area contributed by atoms with Crippen LogP contribution in [-0.2, 0) is 39.8 Å². The van der Waals surface area contributed by atoms with E-state index < -0.39 is 83.6 Å². The van der Waals surface area contributed by atoms with Gasteiger partial charge in [-0.3, -0.25) is 9.59 Å². The third-order valence-corrected chi connectivity index (χ3v) is 12.4. The topological polar surface area (TPSA) is 186 Å². The first kappa shape index (κ1) is 50.0. The first-order valence-corrected chi connectivity index (χ1v) is 21.9. The molecule has 0 radical (unpaired) electrons. The van der Waals surface area contributed by atoms with Crippen LogP contribution in [0, 0.1) is 23.7 Å². The van der Waals surface area contributed by atoms with Gasteiger partial charge in [0.1, 0.15) is 36.3 Å². The number of nitrogens with zero attached hydrogens (tertiary/aromatic N) is 2. The van der Waals surface area contributed by atoms with Crippen LogP contribution in [0.15, 0.2) is 65.8 Å². The van der Waals surface area contributed by atoms with Gasteiger partial charge in [0.05, 0.1) is 42.1 Å². The van der Waals surface area contributed by atoms with Crippen molar-refractivity contribution in [3.63, 3.8) is 0 Å². The van der Waals surface area contributed by atoms with Crippen LogP contribution in [0.3, 0.4) is 0 Å². The molecule has 2 heterocycles. The van der Waals surface area contributed by atoms with E-state index in [0.717, 1.165) is 11.3 Å². The summed E-state index contributed by atoms with van der Waals surface area (Å²) in [6.07, 6.45) is -6.19. The molecule has 2 aliphatic rings. The van der Waals surface area contributed by atoms with E-state index in [4.69, 9.17) is 28.5 Å². The Morgan fingerprint density at radius 2 is 1.57 bits per heavy atom. The number of aliphatic hydroxyl groups excluding tert-OH is 2. The minimum absolute atomic E-state index is 0.00894. The number of carbonyl (C=O) groups is 2. The van der Waals surface area contributed by atoms with Gasteiger partial charge in [0.2, 0.25) is 0 Å². The highest BCUT2D eigenvalue weighted by atomic mass is 16.7. The van der Waals surface area contributed by atoms with Crippen molar-refractivity contribution in [3.8, 4) is 5.75 Å². The van der Waals surface area contributed by atoms with Gasteiger partial charge in [0.25, 0.3) is 0 Å². The maximum absolute atomic E-state index is 14.2. The van der Waals surface area contributed by atoms with E-state index in [0.29, 0.717) is 31.6 Å². The fraction of sp³-hybridized carbons (Fsp3) is 0.681. The van der Waals surface area contributed by atoms with Gasteiger partial charge in [-0.25, -0.2) is 0 Å².